The maximum absolute atomic E-state index is 10.1. The van der Waals surface area contributed by atoms with Gasteiger partial charge in [0.15, 0.2) is 5.75 Å². The van der Waals surface area contributed by atoms with E-state index in [1.54, 1.807) is 0 Å². The zero-order valence-electron chi connectivity index (χ0n) is 6.30. The van der Waals surface area contributed by atoms with Crippen LogP contribution in [0.4, 0.5) is 0 Å². The molecule has 0 fully saturated rings. The number of hydrogen-bond acceptors (Lipinski definition) is 4. The van der Waals surface area contributed by atoms with E-state index >= 15 is 0 Å². The molecule has 1 rings (SSSR count). The molecule has 0 spiro atoms. The van der Waals surface area contributed by atoms with Gasteiger partial charge in [0.1, 0.15) is 0 Å². The Bertz CT molecular complexity index is 271. The van der Waals surface area contributed by atoms with E-state index in [4.69, 9.17) is 15.7 Å². The first kappa shape index (κ1) is 8.38. The fourth-order valence-electron chi connectivity index (χ4n) is 0.651. The normalized spacial score (nSPS) is 9.67. The summed E-state index contributed by atoms with van der Waals surface area (Å²) >= 11 is 0. The fraction of sp³-hybridized carbons (Fsp3) is 0.333. The molecular weight excluding hydrogens is 162 g/mol. The molecule has 0 atom stereocenters. The number of hydrogen-bond donors (Lipinski definition) is 2. The van der Waals surface area contributed by atoms with Gasteiger partial charge in [0.05, 0.1) is 25.4 Å². The van der Waals surface area contributed by atoms with E-state index in [1.807, 2.05) is 0 Å². The maximum Gasteiger partial charge on any atom is 0.306 e. The summed E-state index contributed by atoms with van der Waals surface area (Å²) in [6.45, 7) is 0.126. The summed E-state index contributed by atoms with van der Waals surface area (Å²) in [6, 6.07) is 0. The molecule has 1 aromatic heterocycles. The number of rotatable bonds is 4. The molecule has 0 saturated carbocycles. The Morgan fingerprint density at radius 3 is 3.08 bits per heavy atom. The minimum Gasteiger partial charge on any atom is -0.490 e. The predicted molar refractivity (Wildman–Crippen MR) is 40.1 cm³/mol. The van der Waals surface area contributed by atoms with E-state index in [2.05, 4.69) is 5.10 Å². The van der Waals surface area contributed by atoms with Gasteiger partial charge in [-0.3, -0.25) is 4.79 Å². The summed E-state index contributed by atoms with van der Waals surface area (Å²) in [5, 5.41) is 11.9. The van der Waals surface area contributed by atoms with Crippen molar-refractivity contribution in [1.29, 1.82) is 0 Å². The van der Waals surface area contributed by atoms with Gasteiger partial charge in [0, 0.05) is 0 Å². The first-order valence-electron chi connectivity index (χ1n) is 3.33. The van der Waals surface area contributed by atoms with Gasteiger partial charge in [-0.05, 0) is 0 Å². The molecule has 12 heavy (non-hydrogen) atoms. The zero-order chi connectivity index (χ0) is 8.97. The Labute approximate surface area is 68.5 Å². The van der Waals surface area contributed by atoms with Crippen LogP contribution in [-0.4, -0.2) is 27.6 Å². The molecule has 66 valence electrons. The van der Waals surface area contributed by atoms with Crippen molar-refractivity contribution in [2.75, 3.05) is 12.4 Å². The molecule has 0 bridgehead atoms. The Hall–Kier alpha value is -1.72. The molecule has 0 aliphatic carbocycles. The number of nitrogen functional groups attached to an aromatic ring is 1. The molecule has 1 heterocycles. The van der Waals surface area contributed by atoms with E-state index in [0.29, 0.717) is 5.75 Å². The van der Waals surface area contributed by atoms with Gasteiger partial charge in [-0.2, -0.15) is 9.89 Å². The van der Waals surface area contributed by atoms with E-state index < -0.39 is 5.97 Å². The van der Waals surface area contributed by atoms with Gasteiger partial charge in [-0.15, -0.1) is 0 Å². The third kappa shape index (κ3) is 2.49. The van der Waals surface area contributed by atoms with Crippen molar-refractivity contribution in [3.8, 4) is 5.75 Å². The number of nitrogens with zero attached hydrogens (tertiary/aromatic N) is 2. The number of carboxylic acids is 1. The van der Waals surface area contributed by atoms with Crippen molar-refractivity contribution in [2.24, 2.45) is 0 Å². The van der Waals surface area contributed by atoms with E-state index in [1.165, 1.54) is 12.4 Å². The third-order valence-corrected chi connectivity index (χ3v) is 1.16. The largest absolute Gasteiger partial charge is 0.490 e. The molecule has 0 radical (unpaired) electrons. The molecule has 6 nitrogen and oxygen atoms in total. The van der Waals surface area contributed by atoms with Crippen LogP contribution < -0.4 is 10.6 Å². The second-order valence-electron chi connectivity index (χ2n) is 2.15. The topological polar surface area (TPSA) is 90.4 Å². The molecule has 6 heteroatoms. The lowest BCUT2D eigenvalue weighted by atomic mass is 10.5. The van der Waals surface area contributed by atoms with Crippen LogP contribution in [-0.2, 0) is 4.79 Å². The van der Waals surface area contributed by atoms with Gasteiger partial charge in [-0.1, -0.05) is 0 Å². The lowest BCUT2D eigenvalue weighted by Gasteiger charge is -1.98. The minimum absolute atomic E-state index is 0.0320. The molecule has 0 amide bonds. The second kappa shape index (κ2) is 3.61. The lowest BCUT2D eigenvalue weighted by Crippen LogP contribution is -2.07. The van der Waals surface area contributed by atoms with Crippen LogP contribution in [0.2, 0.25) is 0 Å². The van der Waals surface area contributed by atoms with Crippen LogP contribution in [0.15, 0.2) is 12.4 Å². The zero-order valence-corrected chi connectivity index (χ0v) is 6.30. The monoisotopic (exact) mass is 171 g/mol. The molecule has 0 aliphatic heterocycles. The van der Waals surface area contributed by atoms with Gasteiger partial charge < -0.3 is 15.7 Å². The first-order valence-corrected chi connectivity index (χ1v) is 3.33. The average molecular weight is 171 g/mol. The molecular formula is C6H9N3O3. The quantitative estimate of drug-likeness (QED) is 0.593. The van der Waals surface area contributed by atoms with E-state index in [0.717, 1.165) is 4.79 Å². The number of carbonyl (C=O) groups is 1. The van der Waals surface area contributed by atoms with Crippen LogP contribution >= 0.6 is 0 Å². The van der Waals surface area contributed by atoms with Crippen LogP contribution in [0.1, 0.15) is 6.42 Å². The van der Waals surface area contributed by atoms with Gasteiger partial charge in [0.25, 0.3) is 0 Å². The highest BCUT2D eigenvalue weighted by Gasteiger charge is 1.99. The smallest absolute Gasteiger partial charge is 0.306 e. The van der Waals surface area contributed by atoms with E-state index in [-0.39, 0.29) is 13.0 Å². The van der Waals surface area contributed by atoms with Gasteiger partial charge in [-0.25, -0.2) is 0 Å². The summed E-state index contributed by atoms with van der Waals surface area (Å²) in [5.74, 6) is 4.80. The third-order valence-electron chi connectivity index (χ3n) is 1.16. The number of carboxylic acid groups (broad SMARTS) is 1. The highest BCUT2D eigenvalue weighted by atomic mass is 16.5. The van der Waals surface area contributed by atoms with Crippen molar-refractivity contribution >= 4 is 5.97 Å². The molecule has 0 aromatic carbocycles. The van der Waals surface area contributed by atoms with Gasteiger partial charge >= 0.3 is 5.97 Å². The fourth-order valence-corrected chi connectivity index (χ4v) is 0.651. The summed E-state index contributed by atoms with van der Waals surface area (Å²) in [7, 11) is 0. The summed E-state index contributed by atoms with van der Waals surface area (Å²) in [4.78, 5) is 11.2. The van der Waals surface area contributed by atoms with Crippen LogP contribution in [0.5, 0.6) is 5.75 Å². The SMILES string of the molecule is Nn1cc(OCCC(=O)O)cn1. The van der Waals surface area contributed by atoms with Crippen molar-refractivity contribution < 1.29 is 14.6 Å². The second-order valence-corrected chi connectivity index (χ2v) is 2.15. The number of aromatic nitrogens is 2. The van der Waals surface area contributed by atoms with Crippen LogP contribution in [0.25, 0.3) is 0 Å². The molecule has 3 N–H and O–H groups in total. The molecule has 0 aliphatic rings. The summed E-state index contributed by atoms with van der Waals surface area (Å²) in [5.41, 5.74) is 0. The Balaban J connectivity index is 2.29. The number of nitrogens with two attached hydrogens (primary N) is 1. The van der Waals surface area contributed by atoms with Crippen molar-refractivity contribution in [3.63, 3.8) is 0 Å². The minimum atomic E-state index is -0.893. The number of ether oxygens (including phenoxy) is 1. The standard InChI is InChI=1S/C6H9N3O3/c7-9-4-5(3-8-9)12-2-1-6(10)11/h3-4H,1-2,7H2,(H,10,11). The van der Waals surface area contributed by atoms with Crippen molar-refractivity contribution in [1.82, 2.24) is 9.89 Å². The Morgan fingerprint density at radius 1 is 1.83 bits per heavy atom. The molecule has 1 aromatic rings. The highest BCUT2D eigenvalue weighted by molar-refractivity contribution is 5.66. The van der Waals surface area contributed by atoms with Crippen molar-refractivity contribution in [2.45, 2.75) is 6.42 Å². The highest BCUT2D eigenvalue weighted by Crippen LogP contribution is 2.05. The molecule has 0 unspecified atom stereocenters. The number of aliphatic carboxylic acids is 1. The first-order chi connectivity index (χ1) is 5.68. The van der Waals surface area contributed by atoms with Gasteiger partial charge in [0.2, 0.25) is 0 Å². The predicted octanol–water partition coefficient (Wildman–Crippen LogP) is -0.550. The lowest BCUT2D eigenvalue weighted by molar-refractivity contribution is -0.137. The molecule has 0 saturated heterocycles. The maximum atomic E-state index is 10.1. The van der Waals surface area contributed by atoms with Crippen LogP contribution in [0, 0.1) is 0 Å². The average Bonchev–Trinajstić information content (AvgIpc) is 2.35. The van der Waals surface area contributed by atoms with Crippen molar-refractivity contribution in [3.05, 3.63) is 12.4 Å². The van der Waals surface area contributed by atoms with E-state index in [9.17, 15) is 4.79 Å². The Morgan fingerprint density at radius 2 is 2.58 bits per heavy atom. The summed E-state index contributed by atoms with van der Waals surface area (Å²) in [6.07, 6.45) is 2.85. The Kier molecular flexibility index (Phi) is 2.52. The van der Waals surface area contributed by atoms with Crippen LogP contribution in [0.3, 0.4) is 0 Å². The summed E-state index contributed by atoms with van der Waals surface area (Å²) < 4.78 is 4.99.